The molecule has 0 aliphatic carbocycles. The van der Waals surface area contributed by atoms with Gasteiger partial charge >= 0.3 is 0 Å². The lowest BCUT2D eigenvalue weighted by molar-refractivity contribution is -0.134. The molecule has 0 aliphatic heterocycles. The Hall–Kier alpha value is -1.79. The predicted molar refractivity (Wildman–Crippen MR) is 82.9 cm³/mol. The van der Waals surface area contributed by atoms with Crippen molar-refractivity contribution >= 4 is 5.91 Å². The molecular formula is C17H24N2O. The highest BCUT2D eigenvalue weighted by molar-refractivity contribution is 5.78. The van der Waals surface area contributed by atoms with Gasteiger partial charge in [-0.25, -0.2) is 0 Å². The van der Waals surface area contributed by atoms with Gasteiger partial charge in [-0.1, -0.05) is 50.3 Å². The summed E-state index contributed by atoms with van der Waals surface area (Å²) >= 11 is 0. The van der Waals surface area contributed by atoms with E-state index in [1.807, 2.05) is 38.2 Å². The first-order chi connectivity index (χ1) is 9.60. The van der Waals surface area contributed by atoms with E-state index in [1.54, 1.807) is 4.90 Å². The zero-order valence-electron chi connectivity index (χ0n) is 12.6. The molecule has 0 saturated heterocycles. The Labute approximate surface area is 122 Å². The van der Waals surface area contributed by atoms with Gasteiger partial charge < -0.3 is 10.6 Å². The fourth-order valence-electron chi connectivity index (χ4n) is 2.19. The molecule has 108 valence electrons. The summed E-state index contributed by atoms with van der Waals surface area (Å²) in [7, 11) is 1.85. The Morgan fingerprint density at radius 1 is 1.40 bits per heavy atom. The standard InChI is InChI=1S/C17H24N2O/c1-4-8-14(2)17(20)19(3)13-16-10-6-5-9-15(16)11-7-12-18/h5-6,9-10,14H,4,8,12-13,18H2,1-3H3. The van der Waals surface area contributed by atoms with Crippen LogP contribution in [-0.2, 0) is 11.3 Å². The van der Waals surface area contributed by atoms with Crippen LogP contribution in [0.1, 0.15) is 37.8 Å². The van der Waals surface area contributed by atoms with Crippen molar-refractivity contribution in [3.05, 3.63) is 35.4 Å². The zero-order valence-corrected chi connectivity index (χ0v) is 12.6. The second-order valence-electron chi connectivity index (χ2n) is 5.05. The molecule has 0 spiro atoms. The van der Waals surface area contributed by atoms with E-state index in [-0.39, 0.29) is 11.8 Å². The monoisotopic (exact) mass is 272 g/mol. The van der Waals surface area contributed by atoms with Crippen LogP contribution in [0.3, 0.4) is 0 Å². The van der Waals surface area contributed by atoms with Crippen molar-refractivity contribution < 1.29 is 4.79 Å². The topological polar surface area (TPSA) is 46.3 Å². The fraction of sp³-hybridized carbons (Fsp3) is 0.471. The average Bonchev–Trinajstić information content (AvgIpc) is 2.45. The molecule has 1 unspecified atom stereocenters. The molecule has 0 heterocycles. The van der Waals surface area contributed by atoms with Crippen molar-refractivity contribution in [1.29, 1.82) is 0 Å². The predicted octanol–water partition coefficient (Wildman–Crippen LogP) is 2.39. The molecule has 3 heteroatoms. The quantitative estimate of drug-likeness (QED) is 0.837. The van der Waals surface area contributed by atoms with Crippen molar-refractivity contribution in [3.63, 3.8) is 0 Å². The molecule has 20 heavy (non-hydrogen) atoms. The SMILES string of the molecule is CCCC(C)C(=O)N(C)Cc1ccccc1C#CCN. The summed E-state index contributed by atoms with van der Waals surface area (Å²) in [6, 6.07) is 7.89. The zero-order chi connectivity index (χ0) is 15.0. The Morgan fingerprint density at radius 3 is 2.75 bits per heavy atom. The van der Waals surface area contributed by atoms with Crippen LogP contribution in [0.25, 0.3) is 0 Å². The summed E-state index contributed by atoms with van der Waals surface area (Å²) in [5.41, 5.74) is 7.42. The van der Waals surface area contributed by atoms with E-state index in [0.29, 0.717) is 13.1 Å². The van der Waals surface area contributed by atoms with Gasteiger partial charge in [-0.05, 0) is 18.1 Å². The van der Waals surface area contributed by atoms with E-state index in [4.69, 9.17) is 5.73 Å². The minimum absolute atomic E-state index is 0.0762. The van der Waals surface area contributed by atoms with E-state index in [1.165, 1.54) is 0 Å². The molecule has 0 bridgehead atoms. The molecule has 0 radical (unpaired) electrons. The number of carbonyl (C=O) groups is 1. The second-order valence-corrected chi connectivity index (χ2v) is 5.05. The van der Waals surface area contributed by atoms with Gasteiger partial charge in [0, 0.05) is 25.1 Å². The third kappa shape index (κ3) is 4.71. The van der Waals surface area contributed by atoms with Gasteiger partial charge in [-0.2, -0.15) is 0 Å². The molecule has 0 fully saturated rings. The molecule has 1 rings (SSSR count). The summed E-state index contributed by atoms with van der Waals surface area (Å²) in [5.74, 6) is 6.19. The Balaban J connectivity index is 2.80. The normalized spacial score (nSPS) is 11.4. The van der Waals surface area contributed by atoms with Gasteiger partial charge in [0.2, 0.25) is 5.91 Å². The summed E-state index contributed by atoms with van der Waals surface area (Å²) in [4.78, 5) is 14.0. The smallest absolute Gasteiger partial charge is 0.225 e. The van der Waals surface area contributed by atoms with Crippen molar-refractivity contribution in [2.75, 3.05) is 13.6 Å². The van der Waals surface area contributed by atoms with E-state index >= 15 is 0 Å². The lowest BCUT2D eigenvalue weighted by Crippen LogP contribution is -2.31. The third-order valence-corrected chi connectivity index (χ3v) is 3.27. The van der Waals surface area contributed by atoms with E-state index in [2.05, 4.69) is 18.8 Å². The second kappa shape index (κ2) is 8.39. The van der Waals surface area contributed by atoms with Gasteiger partial charge in [0.15, 0.2) is 0 Å². The molecule has 2 N–H and O–H groups in total. The van der Waals surface area contributed by atoms with Crippen LogP contribution in [0.5, 0.6) is 0 Å². The van der Waals surface area contributed by atoms with Crippen molar-refractivity contribution in [1.82, 2.24) is 4.90 Å². The van der Waals surface area contributed by atoms with Crippen LogP contribution in [0.4, 0.5) is 0 Å². The van der Waals surface area contributed by atoms with Gasteiger partial charge in [0.25, 0.3) is 0 Å². The van der Waals surface area contributed by atoms with Crippen LogP contribution in [-0.4, -0.2) is 24.4 Å². The minimum atomic E-state index is 0.0762. The van der Waals surface area contributed by atoms with Crippen LogP contribution in [0.15, 0.2) is 24.3 Å². The van der Waals surface area contributed by atoms with Crippen LogP contribution in [0, 0.1) is 17.8 Å². The first-order valence-electron chi connectivity index (χ1n) is 7.12. The molecule has 0 saturated carbocycles. The molecule has 1 atom stereocenters. The molecule has 1 aromatic rings. The maximum Gasteiger partial charge on any atom is 0.225 e. The average molecular weight is 272 g/mol. The Morgan fingerprint density at radius 2 is 2.10 bits per heavy atom. The maximum atomic E-state index is 12.2. The molecular weight excluding hydrogens is 248 g/mol. The van der Waals surface area contributed by atoms with E-state index < -0.39 is 0 Å². The molecule has 3 nitrogen and oxygen atoms in total. The number of nitrogens with zero attached hydrogens (tertiary/aromatic N) is 1. The van der Waals surface area contributed by atoms with E-state index in [0.717, 1.165) is 24.0 Å². The van der Waals surface area contributed by atoms with Gasteiger partial charge in [-0.15, -0.1) is 0 Å². The molecule has 1 amide bonds. The summed E-state index contributed by atoms with van der Waals surface area (Å²) in [6.45, 7) is 5.02. The minimum Gasteiger partial charge on any atom is -0.341 e. The molecule has 1 aromatic carbocycles. The molecule has 0 aliphatic rings. The van der Waals surface area contributed by atoms with Crippen LogP contribution >= 0.6 is 0 Å². The number of hydrogen-bond donors (Lipinski definition) is 1. The Kier molecular flexibility index (Phi) is 6.83. The highest BCUT2D eigenvalue weighted by Crippen LogP contribution is 2.14. The first kappa shape index (κ1) is 16.3. The number of hydrogen-bond acceptors (Lipinski definition) is 2. The van der Waals surface area contributed by atoms with Crippen molar-refractivity contribution in [3.8, 4) is 11.8 Å². The number of carbonyl (C=O) groups excluding carboxylic acids is 1. The highest BCUT2D eigenvalue weighted by atomic mass is 16.2. The van der Waals surface area contributed by atoms with Crippen LogP contribution < -0.4 is 5.73 Å². The largest absolute Gasteiger partial charge is 0.341 e. The molecule has 0 aromatic heterocycles. The number of benzene rings is 1. The Bertz CT molecular complexity index is 499. The lowest BCUT2D eigenvalue weighted by atomic mass is 10.0. The van der Waals surface area contributed by atoms with Crippen molar-refractivity contribution in [2.45, 2.75) is 33.2 Å². The maximum absolute atomic E-state index is 12.2. The number of nitrogens with two attached hydrogens (primary N) is 1. The third-order valence-electron chi connectivity index (χ3n) is 3.27. The van der Waals surface area contributed by atoms with Gasteiger partial charge in [0.1, 0.15) is 0 Å². The lowest BCUT2D eigenvalue weighted by Gasteiger charge is -2.21. The highest BCUT2D eigenvalue weighted by Gasteiger charge is 2.17. The summed E-state index contributed by atoms with van der Waals surface area (Å²) in [5, 5.41) is 0. The van der Waals surface area contributed by atoms with E-state index in [9.17, 15) is 4.79 Å². The number of amides is 1. The van der Waals surface area contributed by atoms with Crippen molar-refractivity contribution in [2.24, 2.45) is 11.7 Å². The number of rotatable bonds is 5. The summed E-state index contributed by atoms with van der Waals surface area (Å²) in [6.07, 6.45) is 1.96. The van der Waals surface area contributed by atoms with Crippen LogP contribution in [0.2, 0.25) is 0 Å². The van der Waals surface area contributed by atoms with Gasteiger partial charge in [0.05, 0.1) is 6.54 Å². The van der Waals surface area contributed by atoms with Gasteiger partial charge in [-0.3, -0.25) is 4.79 Å². The first-order valence-corrected chi connectivity index (χ1v) is 7.12. The fourth-order valence-corrected chi connectivity index (χ4v) is 2.19. The summed E-state index contributed by atoms with van der Waals surface area (Å²) < 4.78 is 0.